The van der Waals surface area contributed by atoms with Crippen molar-refractivity contribution in [2.45, 2.75) is 51.1 Å². The molecule has 4 nitrogen and oxygen atoms in total. The molecule has 1 saturated heterocycles. The van der Waals surface area contributed by atoms with Gasteiger partial charge in [0.25, 0.3) is 0 Å². The average Bonchev–Trinajstić information content (AvgIpc) is 3.02. The van der Waals surface area contributed by atoms with Gasteiger partial charge < -0.3 is 0 Å². The molecule has 2 rings (SSSR count). The summed E-state index contributed by atoms with van der Waals surface area (Å²) in [5.74, 6) is 6.80. The zero-order valence-electron chi connectivity index (χ0n) is 13.3. The fourth-order valence-corrected chi connectivity index (χ4v) is 2.95. The molecule has 1 fully saturated rings. The molecule has 0 spiro atoms. The zero-order chi connectivity index (χ0) is 15.6. The van der Waals surface area contributed by atoms with Gasteiger partial charge in [-0.1, -0.05) is 54.7 Å². The summed E-state index contributed by atoms with van der Waals surface area (Å²) in [5.41, 5.74) is 9.82. The van der Waals surface area contributed by atoms with Crippen LogP contribution in [0.25, 0.3) is 10.4 Å². The Balaban J connectivity index is 2.19. The molecule has 0 N–H and O–H groups in total. The monoisotopic (exact) mass is 296 g/mol. The van der Waals surface area contributed by atoms with Crippen LogP contribution >= 0.6 is 0 Å². The van der Waals surface area contributed by atoms with Gasteiger partial charge in [0.1, 0.15) is 0 Å². The molecule has 1 aromatic carbocycles. The molecule has 1 heterocycles. The summed E-state index contributed by atoms with van der Waals surface area (Å²) in [6.07, 6.45) is 5.50. The molecule has 0 bridgehead atoms. The van der Waals surface area contributed by atoms with Crippen molar-refractivity contribution in [3.63, 3.8) is 0 Å². The van der Waals surface area contributed by atoms with E-state index >= 15 is 0 Å². The van der Waals surface area contributed by atoms with E-state index in [9.17, 15) is 0 Å². The molecule has 22 heavy (non-hydrogen) atoms. The van der Waals surface area contributed by atoms with Crippen molar-refractivity contribution in [2.75, 3.05) is 13.1 Å². The highest BCUT2D eigenvalue weighted by molar-refractivity contribution is 5.28. The van der Waals surface area contributed by atoms with E-state index in [-0.39, 0.29) is 6.04 Å². The molecule has 1 aliphatic heterocycles. The van der Waals surface area contributed by atoms with Gasteiger partial charge in [0.15, 0.2) is 0 Å². The lowest BCUT2D eigenvalue weighted by Gasteiger charge is -2.29. The second-order valence-electron chi connectivity index (χ2n) is 5.69. The SMILES string of the molecule is CCCCC#C[C@H](c1ccccc1)N1CCC[C@H]1CN=[N+]=[N-]. The van der Waals surface area contributed by atoms with E-state index in [0.717, 1.165) is 32.2 Å². The van der Waals surface area contributed by atoms with Gasteiger partial charge in [-0.2, -0.15) is 0 Å². The molecule has 116 valence electrons. The van der Waals surface area contributed by atoms with Crippen molar-refractivity contribution in [1.29, 1.82) is 0 Å². The maximum Gasteiger partial charge on any atom is 0.0973 e. The summed E-state index contributed by atoms with van der Waals surface area (Å²) in [7, 11) is 0. The molecule has 0 radical (unpaired) electrons. The van der Waals surface area contributed by atoms with Crippen LogP contribution in [-0.4, -0.2) is 24.0 Å². The quantitative estimate of drug-likeness (QED) is 0.247. The van der Waals surface area contributed by atoms with Crippen molar-refractivity contribution in [3.8, 4) is 11.8 Å². The summed E-state index contributed by atoms with van der Waals surface area (Å²) in [4.78, 5) is 5.32. The van der Waals surface area contributed by atoms with Crippen molar-refractivity contribution in [1.82, 2.24) is 4.90 Å². The van der Waals surface area contributed by atoms with Crippen molar-refractivity contribution < 1.29 is 0 Å². The summed E-state index contributed by atoms with van der Waals surface area (Å²) in [5, 5.41) is 3.78. The van der Waals surface area contributed by atoms with Crippen molar-refractivity contribution in [2.24, 2.45) is 5.11 Å². The van der Waals surface area contributed by atoms with Crippen molar-refractivity contribution in [3.05, 3.63) is 46.3 Å². The van der Waals surface area contributed by atoms with Gasteiger partial charge in [-0.3, -0.25) is 4.90 Å². The Morgan fingerprint density at radius 3 is 2.95 bits per heavy atom. The Kier molecular flexibility index (Phi) is 6.83. The highest BCUT2D eigenvalue weighted by atomic mass is 15.2. The summed E-state index contributed by atoms with van der Waals surface area (Å²) in [6.45, 7) is 3.75. The largest absolute Gasteiger partial charge is 0.283 e. The van der Waals surface area contributed by atoms with Gasteiger partial charge in [-0.05, 0) is 36.9 Å². The Hall–Kier alpha value is -1.95. The molecule has 2 atom stereocenters. The predicted octanol–water partition coefficient (Wildman–Crippen LogP) is 4.70. The number of nitrogens with zero attached hydrogens (tertiary/aromatic N) is 4. The van der Waals surface area contributed by atoms with Crippen LogP contribution in [-0.2, 0) is 0 Å². The summed E-state index contributed by atoms with van der Waals surface area (Å²) in [6, 6.07) is 10.9. The van der Waals surface area contributed by atoms with Gasteiger partial charge in [0, 0.05) is 23.9 Å². The first-order chi connectivity index (χ1) is 10.9. The first-order valence-electron chi connectivity index (χ1n) is 8.16. The molecule has 1 aliphatic rings. The highest BCUT2D eigenvalue weighted by Crippen LogP contribution is 2.29. The standard InChI is InChI=1S/C18H24N4/c1-2-3-4-8-13-18(16-10-6-5-7-11-16)22-14-9-12-17(22)15-20-21-19/h5-7,10-11,17-18H,2-4,9,12,14-15H2,1H3/t17-,18+/m0/s1. The molecule has 1 aromatic rings. The zero-order valence-corrected chi connectivity index (χ0v) is 13.3. The number of rotatable bonds is 6. The van der Waals surface area contributed by atoms with E-state index in [4.69, 9.17) is 5.53 Å². The van der Waals surface area contributed by atoms with Crippen LogP contribution in [0.4, 0.5) is 0 Å². The third-order valence-corrected chi connectivity index (χ3v) is 4.12. The Morgan fingerprint density at radius 2 is 2.23 bits per heavy atom. The molecular formula is C18H24N4. The predicted molar refractivity (Wildman–Crippen MR) is 90.2 cm³/mol. The normalized spacial score (nSPS) is 19.0. The van der Waals surface area contributed by atoms with E-state index in [1.165, 1.54) is 12.0 Å². The molecular weight excluding hydrogens is 272 g/mol. The fourth-order valence-electron chi connectivity index (χ4n) is 2.95. The second kappa shape index (κ2) is 9.15. The van der Waals surface area contributed by atoms with Crippen LogP contribution in [0.2, 0.25) is 0 Å². The lowest BCUT2D eigenvalue weighted by molar-refractivity contribution is 0.223. The van der Waals surface area contributed by atoms with E-state index in [1.54, 1.807) is 0 Å². The molecule has 0 unspecified atom stereocenters. The minimum atomic E-state index is 0.111. The fraction of sp³-hybridized carbons (Fsp3) is 0.556. The molecule has 0 aliphatic carbocycles. The lowest BCUT2D eigenvalue weighted by atomic mass is 10.0. The van der Waals surface area contributed by atoms with E-state index in [1.807, 2.05) is 6.07 Å². The first-order valence-corrected chi connectivity index (χ1v) is 8.16. The Labute approximate surface area is 133 Å². The van der Waals surface area contributed by atoms with Crippen LogP contribution < -0.4 is 0 Å². The lowest BCUT2D eigenvalue weighted by Crippen LogP contribution is -2.34. The topological polar surface area (TPSA) is 52.0 Å². The molecule has 0 aromatic heterocycles. The molecule has 4 heteroatoms. The van der Waals surface area contributed by atoms with Gasteiger partial charge in [-0.25, -0.2) is 0 Å². The van der Waals surface area contributed by atoms with Gasteiger partial charge in [-0.15, -0.1) is 5.92 Å². The number of hydrogen-bond donors (Lipinski definition) is 0. The third-order valence-electron chi connectivity index (χ3n) is 4.12. The van der Waals surface area contributed by atoms with Gasteiger partial charge in [0.05, 0.1) is 6.04 Å². The van der Waals surface area contributed by atoms with E-state index in [2.05, 4.69) is 58.0 Å². The van der Waals surface area contributed by atoms with Crippen LogP contribution in [0.15, 0.2) is 35.4 Å². The Morgan fingerprint density at radius 1 is 1.41 bits per heavy atom. The number of azide groups is 1. The second-order valence-corrected chi connectivity index (χ2v) is 5.69. The summed E-state index contributed by atoms with van der Waals surface area (Å²) < 4.78 is 0. The van der Waals surface area contributed by atoms with Crippen LogP contribution in [0, 0.1) is 11.8 Å². The number of likely N-dealkylation sites (tertiary alicyclic amines) is 1. The third kappa shape index (κ3) is 4.53. The minimum Gasteiger partial charge on any atom is -0.283 e. The number of hydrogen-bond acceptors (Lipinski definition) is 2. The van der Waals surface area contributed by atoms with Crippen LogP contribution in [0.3, 0.4) is 0 Å². The van der Waals surface area contributed by atoms with Gasteiger partial charge >= 0.3 is 0 Å². The maximum absolute atomic E-state index is 8.58. The highest BCUT2D eigenvalue weighted by Gasteiger charge is 2.30. The van der Waals surface area contributed by atoms with E-state index < -0.39 is 0 Å². The van der Waals surface area contributed by atoms with Crippen LogP contribution in [0.5, 0.6) is 0 Å². The van der Waals surface area contributed by atoms with Crippen LogP contribution in [0.1, 0.15) is 50.6 Å². The summed E-state index contributed by atoms with van der Waals surface area (Å²) >= 11 is 0. The first kappa shape index (κ1) is 16.4. The molecule has 0 saturated carbocycles. The van der Waals surface area contributed by atoms with E-state index in [0.29, 0.717) is 12.6 Å². The number of unbranched alkanes of at least 4 members (excludes halogenated alkanes) is 2. The minimum absolute atomic E-state index is 0.111. The van der Waals surface area contributed by atoms with Crippen molar-refractivity contribution >= 4 is 0 Å². The average molecular weight is 296 g/mol. The number of benzene rings is 1. The smallest absolute Gasteiger partial charge is 0.0973 e. The maximum atomic E-state index is 8.58. The molecule has 0 amide bonds. The van der Waals surface area contributed by atoms with Gasteiger partial charge in [0.2, 0.25) is 0 Å². The Bertz CT molecular complexity index is 551.